The maximum absolute atomic E-state index is 12.6. The highest BCUT2D eigenvalue weighted by molar-refractivity contribution is 5.97. The molecule has 1 atom stereocenters. The summed E-state index contributed by atoms with van der Waals surface area (Å²) in [4.78, 5) is 15.8. The Hall–Kier alpha value is -2.63. The Kier molecular flexibility index (Phi) is 2.96. The second kappa shape index (κ2) is 4.98. The number of fused-ring (bicyclic) bond motifs is 2. The Morgan fingerprint density at radius 2 is 2.23 bits per heavy atom. The number of carbonyl (C=O) groups excluding carboxylic acids is 1. The molecule has 0 bridgehead atoms. The lowest BCUT2D eigenvalue weighted by Gasteiger charge is -2.19. The van der Waals surface area contributed by atoms with Gasteiger partial charge in [0.05, 0.1) is 17.3 Å². The predicted molar refractivity (Wildman–Crippen MR) is 83.7 cm³/mol. The summed E-state index contributed by atoms with van der Waals surface area (Å²) in [5.74, 6) is -0.229. The second-order valence-electron chi connectivity index (χ2n) is 5.84. The number of amides is 1. The summed E-state index contributed by atoms with van der Waals surface area (Å²) in [5, 5.41) is 15.0. The average Bonchev–Trinajstić information content (AvgIpc) is 3.11. The van der Waals surface area contributed by atoms with Gasteiger partial charge in [0.1, 0.15) is 0 Å². The molecule has 112 valence electrons. The van der Waals surface area contributed by atoms with Crippen LogP contribution in [0.1, 0.15) is 35.8 Å². The smallest absolute Gasteiger partial charge is 0.233 e. The van der Waals surface area contributed by atoms with Gasteiger partial charge in [-0.1, -0.05) is 0 Å². The molecule has 0 fully saturated rings. The molecule has 0 saturated carbocycles. The summed E-state index contributed by atoms with van der Waals surface area (Å²) >= 11 is 0. The Balaban J connectivity index is 1.59. The third-order valence-electron chi connectivity index (χ3n) is 4.23. The molecule has 22 heavy (non-hydrogen) atoms. The molecule has 0 aliphatic heterocycles. The first kappa shape index (κ1) is 13.1. The van der Waals surface area contributed by atoms with Crippen LogP contribution in [0.15, 0.2) is 24.3 Å². The topological polar surface area (TPSA) is 86.5 Å². The van der Waals surface area contributed by atoms with Crippen molar-refractivity contribution in [1.82, 2.24) is 20.4 Å². The highest BCUT2D eigenvalue weighted by Crippen LogP contribution is 2.30. The fourth-order valence-electron chi connectivity index (χ4n) is 3.17. The van der Waals surface area contributed by atoms with Crippen LogP contribution in [0.2, 0.25) is 0 Å². The summed E-state index contributed by atoms with van der Waals surface area (Å²) in [5.41, 5.74) is 4.71. The largest absolute Gasteiger partial charge is 0.359 e. The molecule has 1 amide bonds. The Morgan fingerprint density at radius 1 is 1.32 bits per heavy atom. The SMILES string of the molecule is Cc1cc2cc(NC(=O)C3CCCc4n[nH]nc43)ccc2[nH]1. The average molecular weight is 295 g/mol. The van der Waals surface area contributed by atoms with Crippen molar-refractivity contribution >= 4 is 22.5 Å². The number of H-pyrrole nitrogens is 2. The Labute approximate surface area is 127 Å². The molecule has 6 heteroatoms. The lowest BCUT2D eigenvalue weighted by atomic mass is 9.89. The molecule has 1 aliphatic rings. The third-order valence-corrected chi connectivity index (χ3v) is 4.23. The maximum atomic E-state index is 12.6. The second-order valence-corrected chi connectivity index (χ2v) is 5.84. The van der Waals surface area contributed by atoms with E-state index in [1.807, 2.05) is 25.1 Å². The van der Waals surface area contributed by atoms with E-state index in [2.05, 4.69) is 31.8 Å². The highest BCUT2D eigenvalue weighted by atomic mass is 16.1. The van der Waals surface area contributed by atoms with Crippen LogP contribution in [0.5, 0.6) is 0 Å². The molecule has 4 rings (SSSR count). The van der Waals surface area contributed by atoms with E-state index in [0.717, 1.165) is 52.9 Å². The number of aromatic nitrogens is 4. The number of nitrogens with one attached hydrogen (secondary N) is 3. The van der Waals surface area contributed by atoms with Gasteiger partial charge in [-0.2, -0.15) is 15.4 Å². The number of hydrogen-bond acceptors (Lipinski definition) is 3. The first-order valence-corrected chi connectivity index (χ1v) is 7.50. The van der Waals surface area contributed by atoms with Crippen LogP contribution in [-0.2, 0) is 11.2 Å². The molecule has 1 aliphatic carbocycles. The lowest BCUT2D eigenvalue weighted by Crippen LogP contribution is -2.24. The Morgan fingerprint density at radius 3 is 3.14 bits per heavy atom. The van der Waals surface area contributed by atoms with Crippen LogP contribution in [-0.4, -0.2) is 26.3 Å². The number of anilines is 1. The van der Waals surface area contributed by atoms with E-state index in [1.54, 1.807) is 0 Å². The van der Waals surface area contributed by atoms with E-state index in [9.17, 15) is 4.79 Å². The van der Waals surface area contributed by atoms with Gasteiger partial charge >= 0.3 is 0 Å². The molecule has 0 spiro atoms. The van der Waals surface area contributed by atoms with E-state index < -0.39 is 0 Å². The molecule has 1 aromatic carbocycles. The molecule has 2 aromatic heterocycles. The molecule has 1 unspecified atom stereocenters. The zero-order valence-electron chi connectivity index (χ0n) is 12.3. The van der Waals surface area contributed by atoms with Gasteiger partial charge in [-0.3, -0.25) is 4.79 Å². The highest BCUT2D eigenvalue weighted by Gasteiger charge is 2.29. The van der Waals surface area contributed by atoms with Crippen molar-refractivity contribution in [1.29, 1.82) is 0 Å². The van der Waals surface area contributed by atoms with Gasteiger partial charge in [-0.25, -0.2) is 0 Å². The zero-order chi connectivity index (χ0) is 15.1. The number of nitrogens with zero attached hydrogens (tertiary/aromatic N) is 2. The number of aryl methyl sites for hydroxylation is 2. The standard InChI is InChI=1S/C16H17N5O/c1-9-7-10-8-11(5-6-13(10)17-9)18-16(22)12-3-2-4-14-15(12)20-21-19-14/h5-8,12,17H,2-4H2,1H3,(H,18,22)(H,19,20,21). The summed E-state index contributed by atoms with van der Waals surface area (Å²) in [6.45, 7) is 2.02. The minimum Gasteiger partial charge on any atom is -0.359 e. The summed E-state index contributed by atoms with van der Waals surface area (Å²) in [6.07, 6.45) is 2.68. The molecular formula is C16H17N5O. The number of rotatable bonds is 2. The van der Waals surface area contributed by atoms with Crippen molar-refractivity contribution in [2.24, 2.45) is 0 Å². The van der Waals surface area contributed by atoms with Crippen LogP contribution in [0, 0.1) is 6.92 Å². The monoisotopic (exact) mass is 295 g/mol. The zero-order valence-corrected chi connectivity index (χ0v) is 12.3. The first-order valence-electron chi connectivity index (χ1n) is 7.50. The normalized spacial score (nSPS) is 17.4. The quantitative estimate of drug-likeness (QED) is 0.679. The van der Waals surface area contributed by atoms with Crippen LogP contribution in [0.3, 0.4) is 0 Å². The van der Waals surface area contributed by atoms with Gasteiger partial charge in [-0.15, -0.1) is 0 Å². The third kappa shape index (κ3) is 2.16. The lowest BCUT2D eigenvalue weighted by molar-refractivity contribution is -0.118. The summed E-state index contributed by atoms with van der Waals surface area (Å²) in [7, 11) is 0. The molecular weight excluding hydrogens is 278 g/mol. The number of benzene rings is 1. The van der Waals surface area contributed by atoms with Gasteiger partial charge in [0.25, 0.3) is 0 Å². The van der Waals surface area contributed by atoms with E-state index in [4.69, 9.17) is 0 Å². The fourth-order valence-corrected chi connectivity index (χ4v) is 3.17. The van der Waals surface area contributed by atoms with Crippen molar-refractivity contribution in [3.63, 3.8) is 0 Å². The van der Waals surface area contributed by atoms with Crippen LogP contribution in [0.4, 0.5) is 5.69 Å². The Bertz CT molecular complexity index is 847. The van der Waals surface area contributed by atoms with Crippen molar-refractivity contribution in [3.05, 3.63) is 41.3 Å². The van der Waals surface area contributed by atoms with Gasteiger partial charge < -0.3 is 10.3 Å². The van der Waals surface area contributed by atoms with Crippen molar-refractivity contribution in [2.45, 2.75) is 32.1 Å². The van der Waals surface area contributed by atoms with Crippen LogP contribution < -0.4 is 5.32 Å². The molecule has 0 saturated heterocycles. The van der Waals surface area contributed by atoms with Crippen molar-refractivity contribution < 1.29 is 4.79 Å². The van der Waals surface area contributed by atoms with Crippen molar-refractivity contribution in [3.8, 4) is 0 Å². The fraction of sp³-hybridized carbons (Fsp3) is 0.312. The van der Waals surface area contributed by atoms with E-state index in [-0.39, 0.29) is 11.8 Å². The van der Waals surface area contributed by atoms with E-state index >= 15 is 0 Å². The van der Waals surface area contributed by atoms with E-state index in [0.29, 0.717) is 0 Å². The summed E-state index contributed by atoms with van der Waals surface area (Å²) in [6, 6.07) is 7.97. The first-order chi connectivity index (χ1) is 10.7. The van der Waals surface area contributed by atoms with Gasteiger partial charge in [0.2, 0.25) is 5.91 Å². The minimum atomic E-state index is -0.217. The molecule has 3 N–H and O–H groups in total. The number of hydrogen-bond donors (Lipinski definition) is 3. The van der Waals surface area contributed by atoms with Gasteiger partial charge in [-0.05, 0) is 50.5 Å². The maximum Gasteiger partial charge on any atom is 0.233 e. The molecule has 2 heterocycles. The van der Waals surface area contributed by atoms with Crippen LogP contribution in [0.25, 0.3) is 10.9 Å². The minimum absolute atomic E-state index is 0.0125. The summed E-state index contributed by atoms with van der Waals surface area (Å²) < 4.78 is 0. The van der Waals surface area contributed by atoms with Gasteiger partial charge in [0.15, 0.2) is 0 Å². The molecule has 0 radical (unpaired) electrons. The molecule has 3 aromatic rings. The number of carbonyl (C=O) groups is 1. The molecule has 6 nitrogen and oxygen atoms in total. The predicted octanol–water partition coefficient (Wildman–Crippen LogP) is 2.65. The van der Waals surface area contributed by atoms with E-state index in [1.165, 1.54) is 0 Å². The number of aromatic amines is 2. The van der Waals surface area contributed by atoms with Gasteiger partial charge in [0, 0.05) is 22.3 Å². The van der Waals surface area contributed by atoms with Crippen LogP contribution >= 0.6 is 0 Å². The van der Waals surface area contributed by atoms with Crippen molar-refractivity contribution in [2.75, 3.05) is 5.32 Å².